The van der Waals surface area contributed by atoms with Gasteiger partial charge in [-0.25, -0.2) is 4.79 Å². The molecule has 0 aliphatic rings. The molecule has 0 aliphatic carbocycles. The number of hydrogen-bond donors (Lipinski definition) is 1. The molecule has 0 radical (unpaired) electrons. The van der Waals surface area contributed by atoms with Gasteiger partial charge >= 0.3 is 11.7 Å². The first-order valence-electron chi connectivity index (χ1n) is 8.16. The summed E-state index contributed by atoms with van der Waals surface area (Å²) in [7, 11) is 5.51. The second-order valence-electron chi connectivity index (χ2n) is 5.90. The number of aromatic nitrogens is 2. The summed E-state index contributed by atoms with van der Waals surface area (Å²) in [5.74, 6) is -0.796. The summed E-state index contributed by atoms with van der Waals surface area (Å²) in [6.45, 7) is -0.686. The molecule has 2 rings (SSSR count). The number of esters is 1. The van der Waals surface area contributed by atoms with Gasteiger partial charge in [-0.05, 0) is 6.07 Å². The quantitative estimate of drug-likeness (QED) is 0.500. The zero-order valence-corrected chi connectivity index (χ0v) is 16.0. The van der Waals surface area contributed by atoms with Gasteiger partial charge in [0.1, 0.15) is 22.9 Å². The Bertz CT molecular complexity index is 1040. The number of benzene rings is 1. The van der Waals surface area contributed by atoms with Crippen LogP contribution in [-0.2, 0) is 30.0 Å². The molecule has 10 nitrogen and oxygen atoms in total. The second kappa shape index (κ2) is 8.42. The van der Waals surface area contributed by atoms with Gasteiger partial charge in [-0.3, -0.25) is 23.5 Å². The van der Waals surface area contributed by atoms with E-state index in [4.69, 9.17) is 19.9 Å². The van der Waals surface area contributed by atoms with E-state index in [0.29, 0.717) is 17.1 Å². The first-order valence-corrected chi connectivity index (χ1v) is 8.16. The van der Waals surface area contributed by atoms with Crippen LogP contribution in [0.25, 0.3) is 0 Å². The van der Waals surface area contributed by atoms with Crippen LogP contribution in [-0.4, -0.2) is 41.7 Å². The Morgan fingerprint density at radius 1 is 1.07 bits per heavy atom. The van der Waals surface area contributed by atoms with Crippen LogP contribution in [0.5, 0.6) is 11.5 Å². The molecule has 0 atom stereocenters. The van der Waals surface area contributed by atoms with Crippen LogP contribution < -0.4 is 26.5 Å². The number of Topliss-reactive ketones (excluding diaryl/α,β-unsaturated/α-hetero) is 1. The summed E-state index contributed by atoms with van der Waals surface area (Å²) in [5, 5.41) is 0. The van der Waals surface area contributed by atoms with E-state index in [1.165, 1.54) is 28.3 Å². The van der Waals surface area contributed by atoms with E-state index < -0.39 is 35.2 Å². The number of methoxy groups -OCH3 is 2. The van der Waals surface area contributed by atoms with Gasteiger partial charge < -0.3 is 19.9 Å². The highest BCUT2D eigenvalue weighted by atomic mass is 16.5. The molecule has 1 aromatic carbocycles. The normalized spacial score (nSPS) is 10.4. The third-order valence-electron chi connectivity index (χ3n) is 4.18. The zero-order valence-electron chi connectivity index (χ0n) is 16.0. The molecule has 2 aromatic rings. The molecule has 0 aliphatic heterocycles. The average Bonchev–Trinajstić information content (AvgIpc) is 2.69. The molecule has 0 fully saturated rings. The fourth-order valence-corrected chi connectivity index (χ4v) is 2.54. The zero-order chi connectivity index (χ0) is 21.0. The number of carbonyl (C=O) groups is 2. The minimum Gasteiger partial charge on any atom is -0.497 e. The molecular weight excluding hydrogens is 370 g/mol. The molecule has 150 valence electrons. The van der Waals surface area contributed by atoms with Gasteiger partial charge in [-0.1, -0.05) is 6.07 Å². The fraction of sp³-hybridized carbons (Fsp3) is 0.333. The van der Waals surface area contributed by atoms with Crippen molar-refractivity contribution in [2.45, 2.75) is 6.42 Å². The van der Waals surface area contributed by atoms with E-state index >= 15 is 0 Å². The van der Waals surface area contributed by atoms with E-state index in [1.807, 2.05) is 0 Å². The number of nitrogen functional groups attached to an aromatic ring is 1. The van der Waals surface area contributed by atoms with E-state index in [9.17, 15) is 19.2 Å². The number of ether oxygens (including phenoxy) is 3. The van der Waals surface area contributed by atoms with Crippen molar-refractivity contribution >= 4 is 17.6 Å². The lowest BCUT2D eigenvalue weighted by Gasteiger charge is -2.12. The summed E-state index contributed by atoms with van der Waals surface area (Å²) < 4.78 is 17.0. The molecule has 1 heterocycles. The molecule has 0 spiro atoms. The van der Waals surface area contributed by atoms with E-state index in [2.05, 4.69) is 0 Å². The highest BCUT2D eigenvalue weighted by Gasteiger charge is 2.21. The molecule has 0 saturated heterocycles. The van der Waals surface area contributed by atoms with Crippen LogP contribution in [0.3, 0.4) is 0 Å². The monoisotopic (exact) mass is 391 g/mol. The second-order valence-corrected chi connectivity index (χ2v) is 5.90. The van der Waals surface area contributed by atoms with Crippen LogP contribution in [0.4, 0.5) is 5.82 Å². The summed E-state index contributed by atoms with van der Waals surface area (Å²) >= 11 is 0. The number of nitrogens with two attached hydrogens (primary N) is 1. The lowest BCUT2D eigenvalue weighted by atomic mass is 10.1. The van der Waals surface area contributed by atoms with Crippen LogP contribution >= 0.6 is 0 Å². The van der Waals surface area contributed by atoms with Crippen LogP contribution in [0.2, 0.25) is 0 Å². The fourth-order valence-electron chi connectivity index (χ4n) is 2.54. The maximum atomic E-state index is 12.3. The van der Waals surface area contributed by atoms with Crippen molar-refractivity contribution in [3.63, 3.8) is 0 Å². The highest BCUT2D eigenvalue weighted by Crippen LogP contribution is 2.25. The number of hydrogen-bond acceptors (Lipinski definition) is 8. The number of rotatable bonds is 7. The van der Waals surface area contributed by atoms with Crippen molar-refractivity contribution in [1.29, 1.82) is 0 Å². The molecule has 0 unspecified atom stereocenters. The molecule has 0 saturated carbocycles. The first kappa shape index (κ1) is 20.7. The van der Waals surface area contributed by atoms with Crippen molar-refractivity contribution in [2.24, 2.45) is 14.1 Å². The Balaban J connectivity index is 2.13. The van der Waals surface area contributed by atoms with Crippen molar-refractivity contribution in [1.82, 2.24) is 9.13 Å². The van der Waals surface area contributed by atoms with Gasteiger partial charge in [-0.15, -0.1) is 0 Å². The Morgan fingerprint density at radius 2 is 1.75 bits per heavy atom. The molecule has 28 heavy (non-hydrogen) atoms. The summed E-state index contributed by atoms with van der Waals surface area (Å²) in [4.78, 5) is 48.4. The predicted octanol–water partition coefficient (Wildman–Crippen LogP) is -0.348. The largest absolute Gasteiger partial charge is 0.497 e. The molecular formula is C18H21N3O7. The number of anilines is 1. The minimum atomic E-state index is -0.849. The minimum absolute atomic E-state index is 0.152. The van der Waals surface area contributed by atoms with Gasteiger partial charge in [0.15, 0.2) is 6.61 Å². The Hall–Kier alpha value is -3.56. The van der Waals surface area contributed by atoms with Crippen molar-refractivity contribution in [2.75, 3.05) is 26.6 Å². The van der Waals surface area contributed by atoms with Crippen molar-refractivity contribution in [3.8, 4) is 11.5 Å². The molecule has 0 amide bonds. The lowest BCUT2D eigenvalue weighted by Crippen LogP contribution is -2.42. The first-order chi connectivity index (χ1) is 13.2. The third kappa shape index (κ3) is 4.05. The summed E-state index contributed by atoms with van der Waals surface area (Å²) in [6, 6.07) is 4.91. The maximum Gasteiger partial charge on any atom is 0.332 e. The smallest absolute Gasteiger partial charge is 0.332 e. The average molecular weight is 391 g/mol. The Labute approximate surface area is 160 Å². The predicted molar refractivity (Wildman–Crippen MR) is 99.9 cm³/mol. The maximum absolute atomic E-state index is 12.3. The molecule has 0 bridgehead atoms. The number of ketones is 1. The summed E-state index contributed by atoms with van der Waals surface area (Å²) in [5.41, 5.74) is 4.33. The van der Waals surface area contributed by atoms with Gasteiger partial charge in [-0.2, -0.15) is 0 Å². The van der Waals surface area contributed by atoms with Gasteiger partial charge in [0.05, 0.1) is 20.6 Å². The summed E-state index contributed by atoms with van der Waals surface area (Å²) in [6.07, 6.45) is -0.152. The Morgan fingerprint density at radius 3 is 2.36 bits per heavy atom. The van der Waals surface area contributed by atoms with Gasteiger partial charge in [0.2, 0.25) is 5.78 Å². The van der Waals surface area contributed by atoms with Gasteiger partial charge in [0.25, 0.3) is 5.56 Å². The van der Waals surface area contributed by atoms with Crippen molar-refractivity contribution < 1.29 is 23.8 Å². The third-order valence-corrected chi connectivity index (χ3v) is 4.18. The molecule has 2 N–H and O–H groups in total. The van der Waals surface area contributed by atoms with E-state index in [0.717, 1.165) is 9.13 Å². The van der Waals surface area contributed by atoms with E-state index in [-0.39, 0.29) is 12.2 Å². The van der Waals surface area contributed by atoms with Crippen LogP contribution in [0.1, 0.15) is 15.9 Å². The molecule has 10 heteroatoms. The standard InChI is InChI=1S/C18H21N3O7/c1-20-16(19)15(17(24)21(2)18(20)25)12(22)9-28-14(23)7-10-5-6-11(26-3)8-13(10)27-4/h5-6,8H,7,9,19H2,1-4H3. The van der Waals surface area contributed by atoms with E-state index in [1.54, 1.807) is 18.2 Å². The number of carbonyl (C=O) groups excluding carboxylic acids is 2. The van der Waals surface area contributed by atoms with Crippen molar-refractivity contribution in [3.05, 3.63) is 50.2 Å². The van der Waals surface area contributed by atoms with Gasteiger partial charge in [0, 0.05) is 25.7 Å². The Kier molecular flexibility index (Phi) is 6.24. The molecule has 1 aromatic heterocycles. The van der Waals surface area contributed by atoms with Crippen LogP contribution in [0.15, 0.2) is 27.8 Å². The SMILES string of the molecule is COc1ccc(CC(=O)OCC(=O)c2c(N)n(C)c(=O)n(C)c2=O)c(OC)c1. The van der Waals surface area contributed by atoms with Crippen LogP contribution in [0, 0.1) is 0 Å². The highest BCUT2D eigenvalue weighted by molar-refractivity contribution is 6.01. The number of nitrogens with zero attached hydrogens (tertiary/aromatic N) is 2. The topological polar surface area (TPSA) is 132 Å². The lowest BCUT2D eigenvalue weighted by molar-refractivity contribution is -0.141.